The maximum absolute atomic E-state index is 9.18. The molecule has 0 aromatic rings. The Kier molecular flexibility index (Phi) is 6.62. The summed E-state index contributed by atoms with van der Waals surface area (Å²) in [7, 11) is 0. The van der Waals surface area contributed by atoms with Crippen LogP contribution >= 0.6 is 0 Å². The lowest BCUT2D eigenvalue weighted by molar-refractivity contribution is 0.105. The van der Waals surface area contributed by atoms with E-state index in [4.69, 9.17) is 0 Å². The second-order valence-electron chi connectivity index (χ2n) is 6.57. The second-order valence-corrected chi connectivity index (χ2v) is 6.57. The van der Waals surface area contributed by atoms with Gasteiger partial charge in [0.2, 0.25) is 0 Å². The molecule has 3 heteroatoms. The normalized spacial score (nSPS) is 30.6. The minimum atomic E-state index is 0.301. The topological polar surface area (TPSA) is 35.5 Å². The van der Waals surface area contributed by atoms with Crippen molar-refractivity contribution >= 4 is 0 Å². The molecule has 1 aliphatic heterocycles. The van der Waals surface area contributed by atoms with Crippen molar-refractivity contribution < 1.29 is 5.11 Å². The highest BCUT2D eigenvalue weighted by Gasteiger charge is 2.28. The predicted octanol–water partition coefficient (Wildman–Crippen LogP) is 2.39. The molecule has 0 amide bonds. The zero-order valence-corrected chi connectivity index (χ0v) is 12.6. The summed E-state index contributed by atoms with van der Waals surface area (Å²) in [6, 6.07) is 1.41. The summed E-state index contributed by atoms with van der Waals surface area (Å²) in [5, 5.41) is 13.1. The predicted molar refractivity (Wildman–Crippen MR) is 80.3 cm³/mol. The summed E-state index contributed by atoms with van der Waals surface area (Å²) in [5.41, 5.74) is 0. The molecule has 1 saturated heterocycles. The van der Waals surface area contributed by atoms with Crippen molar-refractivity contribution in [3.8, 4) is 0 Å². The Labute approximate surface area is 118 Å². The lowest BCUT2D eigenvalue weighted by Gasteiger charge is -2.40. The van der Waals surface area contributed by atoms with Gasteiger partial charge in [0.15, 0.2) is 0 Å². The monoisotopic (exact) mass is 268 g/mol. The second kappa shape index (κ2) is 8.23. The van der Waals surface area contributed by atoms with Crippen molar-refractivity contribution in [3.63, 3.8) is 0 Å². The average molecular weight is 268 g/mol. The molecule has 3 nitrogen and oxygen atoms in total. The summed E-state index contributed by atoms with van der Waals surface area (Å²) < 4.78 is 0. The van der Waals surface area contributed by atoms with Crippen LogP contribution in [-0.2, 0) is 0 Å². The molecule has 0 aromatic heterocycles. The van der Waals surface area contributed by atoms with Gasteiger partial charge in [-0.2, -0.15) is 0 Å². The first-order chi connectivity index (χ1) is 9.31. The van der Waals surface area contributed by atoms with Crippen LogP contribution in [-0.4, -0.2) is 48.3 Å². The molecule has 0 bridgehead atoms. The van der Waals surface area contributed by atoms with Crippen molar-refractivity contribution in [2.24, 2.45) is 5.92 Å². The smallest absolute Gasteiger partial charge is 0.0558 e. The first-order valence-electron chi connectivity index (χ1n) is 8.41. The van der Waals surface area contributed by atoms with Crippen LogP contribution in [0.15, 0.2) is 0 Å². The molecule has 2 aliphatic rings. The molecule has 0 spiro atoms. The fourth-order valence-corrected chi connectivity index (χ4v) is 3.97. The molecule has 2 atom stereocenters. The van der Waals surface area contributed by atoms with E-state index in [1.165, 1.54) is 57.9 Å². The van der Waals surface area contributed by atoms with Crippen molar-refractivity contribution in [1.82, 2.24) is 10.2 Å². The number of rotatable bonds is 6. The molecular weight excluding hydrogens is 236 g/mol. The van der Waals surface area contributed by atoms with Gasteiger partial charge in [0, 0.05) is 31.7 Å². The molecule has 2 unspecified atom stereocenters. The van der Waals surface area contributed by atoms with E-state index in [0.717, 1.165) is 25.0 Å². The van der Waals surface area contributed by atoms with E-state index in [1.54, 1.807) is 0 Å². The lowest BCUT2D eigenvalue weighted by atomic mass is 9.88. The molecule has 1 heterocycles. The molecule has 0 aromatic carbocycles. The van der Waals surface area contributed by atoms with Crippen LogP contribution < -0.4 is 5.32 Å². The van der Waals surface area contributed by atoms with Gasteiger partial charge >= 0.3 is 0 Å². The number of aliphatic hydroxyl groups excluding tert-OH is 1. The van der Waals surface area contributed by atoms with Crippen molar-refractivity contribution in [2.75, 3.05) is 26.2 Å². The quantitative estimate of drug-likeness (QED) is 0.776. The zero-order chi connectivity index (χ0) is 13.5. The maximum atomic E-state index is 9.18. The van der Waals surface area contributed by atoms with E-state index >= 15 is 0 Å². The van der Waals surface area contributed by atoms with E-state index in [-0.39, 0.29) is 0 Å². The first kappa shape index (κ1) is 15.3. The first-order valence-corrected chi connectivity index (χ1v) is 8.41. The van der Waals surface area contributed by atoms with Gasteiger partial charge in [-0.3, -0.25) is 4.90 Å². The molecule has 2 fully saturated rings. The zero-order valence-electron chi connectivity index (χ0n) is 12.6. The number of likely N-dealkylation sites (tertiary alicyclic amines) is 1. The van der Waals surface area contributed by atoms with Crippen LogP contribution in [0, 0.1) is 5.92 Å². The van der Waals surface area contributed by atoms with Crippen LogP contribution in [0.3, 0.4) is 0 Å². The highest BCUT2D eigenvalue weighted by molar-refractivity contribution is 4.86. The van der Waals surface area contributed by atoms with Gasteiger partial charge in [0.05, 0.1) is 6.61 Å². The Morgan fingerprint density at radius 3 is 2.58 bits per heavy atom. The fraction of sp³-hybridized carbons (Fsp3) is 1.00. The molecule has 19 heavy (non-hydrogen) atoms. The highest BCUT2D eigenvalue weighted by atomic mass is 16.3. The fourth-order valence-electron chi connectivity index (χ4n) is 3.97. The third kappa shape index (κ3) is 5.05. The van der Waals surface area contributed by atoms with Crippen molar-refractivity contribution in [2.45, 2.75) is 70.4 Å². The number of hydrogen-bond acceptors (Lipinski definition) is 3. The van der Waals surface area contributed by atoms with Crippen molar-refractivity contribution in [1.29, 1.82) is 0 Å². The summed E-state index contributed by atoms with van der Waals surface area (Å²) in [4.78, 5) is 2.46. The Balaban J connectivity index is 1.82. The summed E-state index contributed by atoms with van der Waals surface area (Å²) >= 11 is 0. The van der Waals surface area contributed by atoms with Gasteiger partial charge < -0.3 is 10.4 Å². The van der Waals surface area contributed by atoms with E-state index < -0.39 is 0 Å². The van der Waals surface area contributed by atoms with Gasteiger partial charge in [-0.05, 0) is 31.6 Å². The van der Waals surface area contributed by atoms with Crippen LogP contribution in [0.5, 0.6) is 0 Å². The number of nitrogens with zero attached hydrogens (tertiary/aromatic N) is 1. The highest BCUT2D eigenvalue weighted by Crippen LogP contribution is 2.24. The summed E-state index contributed by atoms with van der Waals surface area (Å²) in [6.45, 7) is 5.77. The van der Waals surface area contributed by atoms with Gasteiger partial charge in [-0.1, -0.05) is 32.6 Å². The minimum Gasteiger partial charge on any atom is -0.395 e. The van der Waals surface area contributed by atoms with E-state index in [0.29, 0.717) is 12.6 Å². The number of hydrogen-bond donors (Lipinski definition) is 2. The third-order valence-electron chi connectivity index (χ3n) is 4.80. The Bertz CT molecular complexity index is 227. The number of aliphatic hydroxyl groups is 1. The van der Waals surface area contributed by atoms with Crippen LogP contribution in [0.1, 0.15) is 58.3 Å². The average Bonchev–Trinajstić information content (AvgIpc) is 2.40. The van der Waals surface area contributed by atoms with Crippen LogP contribution in [0.25, 0.3) is 0 Å². The van der Waals surface area contributed by atoms with E-state index in [1.807, 2.05) is 0 Å². The Morgan fingerprint density at radius 2 is 1.89 bits per heavy atom. The molecule has 2 rings (SSSR count). The Hall–Kier alpha value is -0.120. The van der Waals surface area contributed by atoms with Crippen LogP contribution in [0.4, 0.5) is 0 Å². The van der Waals surface area contributed by atoms with Gasteiger partial charge in [0.1, 0.15) is 0 Å². The largest absolute Gasteiger partial charge is 0.395 e. The molecule has 1 saturated carbocycles. The molecular formula is C16H32N2O. The van der Waals surface area contributed by atoms with E-state index in [9.17, 15) is 5.11 Å². The molecule has 1 aliphatic carbocycles. The lowest BCUT2D eigenvalue weighted by Crippen LogP contribution is -2.52. The number of β-amino-alcohol motifs (C(OH)–C–C–N with tert-alkyl or cyclic N) is 1. The van der Waals surface area contributed by atoms with Gasteiger partial charge in [-0.25, -0.2) is 0 Å². The molecule has 0 radical (unpaired) electrons. The molecule has 2 N–H and O–H groups in total. The summed E-state index contributed by atoms with van der Waals surface area (Å²) in [6.07, 6.45) is 10.9. The van der Waals surface area contributed by atoms with E-state index in [2.05, 4.69) is 17.1 Å². The van der Waals surface area contributed by atoms with Crippen LogP contribution in [0.2, 0.25) is 0 Å². The standard InChI is InChI=1S/C16H32N2O/c1-2-6-14-11-16(13-18(12-14)9-10-19)17-15-7-4-3-5-8-15/h14-17,19H,2-13H2,1H3. The SMILES string of the molecule is CCCC1CC(NC2CCCCC2)CN(CCO)C1. The van der Waals surface area contributed by atoms with Gasteiger partial charge in [-0.15, -0.1) is 0 Å². The van der Waals surface area contributed by atoms with Gasteiger partial charge in [0.25, 0.3) is 0 Å². The minimum absolute atomic E-state index is 0.301. The Morgan fingerprint density at radius 1 is 1.11 bits per heavy atom. The third-order valence-corrected chi connectivity index (χ3v) is 4.80. The number of nitrogens with one attached hydrogen (secondary N) is 1. The maximum Gasteiger partial charge on any atom is 0.0558 e. The molecule has 112 valence electrons. The summed E-state index contributed by atoms with van der Waals surface area (Å²) in [5.74, 6) is 0.825. The van der Waals surface area contributed by atoms with Crippen molar-refractivity contribution in [3.05, 3.63) is 0 Å². The number of piperidine rings is 1.